The minimum absolute atomic E-state index is 0.0577. The molecule has 0 aliphatic rings. The zero-order valence-corrected chi connectivity index (χ0v) is 13.8. The molecule has 1 aromatic heterocycles. The van der Waals surface area contributed by atoms with Crippen molar-refractivity contribution in [2.45, 2.75) is 4.90 Å². The summed E-state index contributed by atoms with van der Waals surface area (Å²) in [6, 6.07) is 10.2. The van der Waals surface area contributed by atoms with Gasteiger partial charge in [-0.05, 0) is 58.4 Å². The lowest BCUT2D eigenvalue weighted by Crippen LogP contribution is -2.13. The maximum atomic E-state index is 12.9. The van der Waals surface area contributed by atoms with Gasteiger partial charge in [0, 0.05) is 21.6 Å². The number of anilines is 1. The van der Waals surface area contributed by atoms with Crippen LogP contribution >= 0.6 is 15.9 Å². The number of rotatable bonds is 3. The first-order valence-electron chi connectivity index (χ1n) is 6.37. The summed E-state index contributed by atoms with van der Waals surface area (Å²) in [4.78, 5) is 11.2. The number of hydrogen-bond donors (Lipinski definition) is 1. The van der Waals surface area contributed by atoms with E-state index < -0.39 is 21.5 Å². The molecular weight excluding hydrogens is 389 g/mol. The second-order valence-corrected chi connectivity index (χ2v) is 7.22. The Kier molecular flexibility index (Phi) is 3.95. The van der Waals surface area contributed by atoms with E-state index in [4.69, 9.17) is 4.42 Å². The Morgan fingerprint density at radius 1 is 1.04 bits per heavy atom. The topological polar surface area (TPSA) is 76.4 Å². The highest BCUT2D eigenvalue weighted by molar-refractivity contribution is 9.10. The molecule has 1 heterocycles. The Bertz CT molecular complexity index is 1050. The van der Waals surface area contributed by atoms with Crippen molar-refractivity contribution in [2.75, 3.05) is 4.72 Å². The van der Waals surface area contributed by atoms with Crippen molar-refractivity contribution in [3.8, 4) is 0 Å². The normalized spacial score (nSPS) is 11.6. The van der Waals surface area contributed by atoms with E-state index in [1.165, 1.54) is 36.4 Å². The quantitative estimate of drug-likeness (QED) is 0.686. The number of benzene rings is 2. The average molecular weight is 398 g/mol. The highest BCUT2D eigenvalue weighted by atomic mass is 79.9. The van der Waals surface area contributed by atoms with Crippen molar-refractivity contribution in [2.24, 2.45) is 0 Å². The minimum atomic E-state index is -3.84. The summed E-state index contributed by atoms with van der Waals surface area (Å²) in [6.07, 6.45) is 0. The van der Waals surface area contributed by atoms with Gasteiger partial charge in [-0.25, -0.2) is 17.6 Å². The molecule has 0 spiro atoms. The van der Waals surface area contributed by atoms with Crippen LogP contribution in [0.25, 0.3) is 11.0 Å². The summed E-state index contributed by atoms with van der Waals surface area (Å²) in [5.74, 6) is -0.520. The lowest BCUT2D eigenvalue weighted by atomic mass is 10.2. The van der Waals surface area contributed by atoms with Gasteiger partial charge in [0.2, 0.25) is 0 Å². The third-order valence-corrected chi connectivity index (χ3v) is 5.12. The Morgan fingerprint density at radius 3 is 2.43 bits per heavy atom. The van der Waals surface area contributed by atoms with Crippen LogP contribution in [0, 0.1) is 5.82 Å². The maximum absolute atomic E-state index is 12.9. The van der Waals surface area contributed by atoms with Crippen molar-refractivity contribution < 1.29 is 17.2 Å². The summed E-state index contributed by atoms with van der Waals surface area (Å²) in [5, 5.41) is 0.545. The van der Waals surface area contributed by atoms with Crippen molar-refractivity contribution in [3.05, 3.63) is 69.2 Å². The van der Waals surface area contributed by atoms with Crippen molar-refractivity contribution in [3.63, 3.8) is 0 Å². The largest absolute Gasteiger partial charge is 0.423 e. The Hall–Kier alpha value is -2.19. The van der Waals surface area contributed by atoms with Gasteiger partial charge in [0.1, 0.15) is 11.4 Å². The third-order valence-electron chi connectivity index (χ3n) is 3.07. The fourth-order valence-corrected chi connectivity index (χ4v) is 3.56. The van der Waals surface area contributed by atoms with E-state index in [1.54, 1.807) is 0 Å². The predicted octanol–water partition coefficient (Wildman–Crippen LogP) is 3.50. The number of sulfonamides is 1. The Balaban J connectivity index is 2.01. The number of nitrogens with one attached hydrogen (secondary N) is 1. The zero-order chi connectivity index (χ0) is 16.6. The van der Waals surface area contributed by atoms with Gasteiger partial charge >= 0.3 is 5.63 Å². The molecule has 0 saturated carbocycles. The van der Waals surface area contributed by atoms with Crippen LogP contribution in [0.1, 0.15) is 0 Å². The first-order valence-corrected chi connectivity index (χ1v) is 8.64. The van der Waals surface area contributed by atoms with Gasteiger partial charge < -0.3 is 4.42 Å². The molecule has 1 N–H and O–H groups in total. The molecule has 3 rings (SSSR count). The van der Waals surface area contributed by atoms with E-state index in [-0.39, 0.29) is 10.6 Å². The lowest BCUT2D eigenvalue weighted by molar-refractivity contribution is 0.560. The van der Waals surface area contributed by atoms with Crippen LogP contribution in [-0.4, -0.2) is 8.42 Å². The molecular formula is C15H9BrFNO4S. The van der Waals surface area contributed by atoms with Gasteiger partial charge in [-0.15, -0.1) is 0 Å². The molecule has 5 nitrogen and oxygen atoms in total. The fraction of sp³-hybridized carbons (Fsp3) is 0. The Labute approximate surface area is 138 Å². The van der Waals surface area contributed by atoms with Crippen molar-refractivity contribution >= 4 is 42.6 Å². The molecule has 0 aliphatic heterocycles. The first kappa shape index (κ1) is 15.7. The SMILES string of the molecule is O=c1cc(Br)c2cc(NS(=O)(=O)c3ccc(F)cc3)ccc2o1. The van der Waals surface area contributed by atoms with Gasteiger partial charge in [-0.3, -0.25) is 4.72 Å². The minimum Gasteiger partial charge on any atom is -0.423 e. The number of fused-ring (bicyclic) bond motifs is 1. The van der Waals surface area contributed by atoms with Crippen molar-refractivity contribution in [1.29, 1.82) is 0 Å². The van der Waals surface area contributed by atoms with Gasteiger partial charge in [-0.2, -0.15) is 0 Å². The average Bonchev–Trinajstić information content (AvgIpc) is 2.48. The van der Waals surface area contributed by atoms with Crippen LogP contribution in [0.5, 0.6) is 0 Å². The molecule has 0 atom stereocenters. The number of halogens is 2. The van der Waals surface area contributed by atoms with E-state index in [9.17, 15) is 17.6 Å². The van der Waals surface area contributed by atoms with Crippen LogP contribution in [0.3, 0.4) is 0 Å². The van der Waals surface area contributed by atoms with Crippen LogP contribution in [0.4, 0.5) is 10.1 Å². The molecule has 23 heavy (non-hydrogen) atoms. The van der Waals surface area contributed by atoms with Gasteiger partial charge in [0.05, 0.1) is 4.90 Å². The van der Waals surface area contributed by atoms with Crippen LogP contribution in [0.2, 0.25) is 0 Å². The lowest BCUT2D eigenvalue weighted by Gasteiger charge is -2.09. The van der Waals surface area contributed by atoms with E-state index >= 15 is 0 Å². The van der Waals surface area contributed by atoms with Crippen LogP contribution in [0.15, 0.2) is 67.1 Å². The molecule has 0 unspecified atom stereocenters. The van der Waals surface area contributed by atoms with Gasteiger partial charge in [-0.1, -0.05) is 0 Å². The second kappa shape index (κ2) is 5.78. The Morgan fingerprint density at radius 2 is 1.74 bits per heavy atom. The van der Waals surface area contributed by atoms with Gasteiger partial charge in [0.15, 0.2) is 0 Å². The molecule has 118 valence electrons. The summed E-state index contributed by atoms with van der Waals surface area (Å²) in [7, 11) is -3.84. The molecule has 8 heteroatoms. The summed E-state index contributed by atoms with van der Waals surface area (Å²) in [6.45, 7) is 0. The highest BCUT2D eigenvalue weighted by Gasteiger charge is 2.15. The third kappa shape index (κ3) is 3.27. The predicted molar refractivity (Wildman–Crippen MR) is 87.4 cm³/mol. The van der Waals surface area contributed by atoms with E-state index in [2.05, 4.69) is 20.7 Å². The molecule has 0 aliphatic carbocycles. The molecule has 2 aromatic carbocycles. The summed E-state index contributed by atoms with van der Waals surface area (Å²) in [5.41, 5.74) is 0.106. The molecule has 0 fully saturated rings. The smallest absolute Gasteiger partial charge is 0.337 e. The number of hydrogen-bond acceptors (Lipinski definition) is 4. The van der Waals surface area contributed by atoms with Crippen LogP contribution in [-0.2, 0) is 10.0 Å². The molecule has 3 aromatic rings. The first-order chi connectivity index (χ1) is 10.8. The fourth-order valence-electron chi connectivity index (χ4n) is 2.02. The summed E-state index contributed by atoms with van der Waals surface area (Å²) < 4.78 is 45.3. The highest BCUT2D eigenvalue weighted by Crippen LogP contribution is 2.26. The molecule has 0 saturated heterocycles. The van der Waals surface area contributed by atoms with Gasteiger partial charge in [0.25, 0.3) is 10.0 Å². The standard InChI is InChI=1S/C15H9BrFNO4S/c16-13-8-15(19)22-14-6-3-10(7-12(13)14)18-23(20,21)11-4-1-9(17)2-5-11/h1-8,18H. The zero-order valence-electron chi connectivity index (χ0n) is 11.4. The second-order valence-electron chi connectivity index (χ2n) is 4.68. The van der Waals surface area contributed by atoms with Crippen molar-refractivity contribution in [1.82, 2.24) is 0 Å². The summed E-state index contributed by atoms with van der Waals surface area (Å²) >= 11 is 3.24. The monoisotopic (exact) mass is 397 g/mol. The van der Waals surface area contributed by atoms with E-state index in [1.807, 2.05) is 0 Å². The van der Waals surface area contributed by atoms with Crippen LogP contribution < -0.4 is 10.3 Å². The maximum Gasteiger partial charge on any atom is 0.337 e. The molecule has 0 bridgehead atoms. The van der Waals surface area contributed by atoms with E-state index in [0.29, 0.717) is 15.4 Å². The van der Waals surface area contributed by atoms with E-state index in [0.717, 1.165) is 12.1 Å². The molecule has 0 radical (unpaired) electrons. The molecule has 0 amide bonds.